The highest BCUT2D eigenvalue weighted by Crippen LogP contribution is 2.42. The van der Waals surface area contributed by atoms with Crippen molar-refractivity contribution in [1.29, 1.82) is 0 Å². The SMILES string of the molecule is Cc1cc2sc1c(-c1ccccc1)c1nc(c(-c3ccccc3)c3ccc([nH]3)c(-c3ccccc3)c3nc(c2-c2ccccc2)C=C3)C=C1. The number of rotatable bonds is 4. The average Bonchev–Trinajstić information content (AvgIpc) is 3.98. The van der Waals surface area contributed by atoms with Crippen LogP contribution in [0.15, 0.2) is 140 Å². The van der Waals surface area contributed by atoms with Gasteiger partial charge in [-0.05, 0) is 77.2 Å². The monoisotopic (exact) mass is 645 g/mol. The van der Waals surface area contributed by atoms with Gasteiger partial charge in [-0.25, -0.2) is 9.97 Å². The van der Waals surface area contributed by atoms with Crippen LogP contribution in [0.5, 0.6) is 0 Å². The van der Waals surface area contributed by atoms with Crippen LogP contribution in [-0.4, -0.2) is 15.0 Å². The van der Waals surface area contributed by atoms with Crippen LogP contribution in [0.1, 0.15) is 28.3 Å². The van der Waals surface area contributed by atoms with E-state index in [4.69, 9.17) is 9.97 Å². The van der Waals surface area contributed by atoms with Crippen molar-refractivity contribution in [1.82, 2.24) is 15.0 Å². The number of aryl methyl sites for hydroxylation is 1. The van der Waals surface area contributed by atoms with Gasteiger partial charge in [-0.3, -0.25) is 0 Å². The third kappa shape index (κ3) is 5.23. The number of hydrogen-bond acceptors (Lipinski definition) is 3. The predicted octanol–water partition coefficient (Wildman–Crippen LogP) is 12.4. The molecule has 3 nitrogen and oxygen atoms in total. The van der Waals surface area contributed by atoms with Crippen molar-refractivity contribution in [2.75, 3.05) is 0 Å². The molecule has 2 aliphatic rings. The van der Waals surface area contributed by atoms with E-state index in [1.54, 1.807) is 0 Å². The number of aromatic nitrogens is 3. The molecule has 0 saturated heterocycles. The molecule has 0 atom stereocenters. The molecule has 0 fully saturated rings. The molecule has 3 aromatic heterocycles. The van der Waals surface area contributed by atoms with E-state index in [1.165, 1.54) is 15.0 Å². The van der Waals surface area contributed by atoms with Crippen molar-refractivity contribution in [3.63, 3.8) is 0 Å². The predicted molar refractivity (Wildman–Crippen MR) is 209 cm³/mol. The zero-order valence-electron chi connectivity index (χ0n) is 26.9. The largest absolute Gasteiger partial charge is 0.354 e. The number of aromatic amines is 1. The molecule has 0 saturated carbocycles. The lowest BCUT2D eigenvalue weighted by Crippen LogP contribution is -1.88. The number of fused-ring (bicyclic) bond motifs is 8. The number of nitrogens with one attached hydrogen (secondary N) is 1. The van der Waals surface area contributed by atoms with E-state index in [9.17, 15) is 0 Å². The second-order valence-corrected chi connectivity index (χ2v) is 13.4. The van der Waals surface area contributed by atoms with Crippen LogP contribution in [0.2, 0.25) is 0 Å². The Bertz CT molecular complexity index is 2580. The van der Waals surface area contributed by atoms with E-state index in [-0.39, 0.29) is 0 Å². The van der Waals surface area contributed by atoms with Crippen LogP contribution >= 0.6 is 11.3 Å². The number of benzene rings is 4. The highest BCUT2D eigenvalue weighted by atomic mass is 32.1. The molecule has 7 aromatic rings. The molecule has 232 valence electrons. The normalized spacial score (nSPS) is 12.0. The van der Waals surface area contributed by atoms with E-state index in [0.717, 1.165) is 78.3 Å². The van der Waals surface area contributed by atoms with Gasteiger partial charge in [0.15, 0.2) is 0 Å². The maximum Gasteiger partial charge on any atom is 0.0737 e. The summed E-state index contributed by atoms with van der Waals surface area (Å²) >= 11 is 1.81. The Morgan fingerprint density at radius 2 is 0.796 bits per heavy atom. The quantitative estimate of drug-likeness (QED) is 0.207. The average molecular weight is 646 g/mol. The van der Waals surface area contributed by atoms with E-state index >= 15 is 0 Å². The highest BCUT2D eigenvalue weighted by molar-refractivity contribution is 7.24. The molecule has 0 unspecified atom stereocenters. The lowest BCUT2D eigenvalue weighted by Gasteiger charge is -2.06. The lowest BCUT2D eigenvalue weighted by atomic mass is 10.0. The second kappa shape index (κ2) is 12.2. The molecule has 8 bridgehead atoms. The molecule has 4 aromatic carbocycles. The third-order valence-electron chi connectivity index (χ3n) is 9.17. The topological polar surface area (TPSA) is 41.6 Å². The van der Waals surface area contributed by atoms with Gasteiger partial charge in [-0.15, -0.1) is 11.3 Å². The summed E-state index contributed by atoms with van der Waals surface area (Å²) in [6, 6.07) is 49.1. The van der Waals surface area contributed by atoms with Gasteiger partial charge in [0.2, 0.25) is 0 Å². The fraction of sp³-hybridized carbons (Fsp3) is 0.0222. The Balaban J connectivity index is 1.51. The minimum atomic E-state index is 0.926. The van der Waals surface area contributed by atoms with Gasteiger partial charge < -0.3 is 4.98 Å². The Hall–Kier alpha value is -6.10. The van der Waals surface area contributed by atoms with Crippen molar-refractivity contribution in [2.24, 2.45) is 0 Å². The second-order valence-electron chi connectivity index (χ2n) is 12.3. The zero-order chi connectivity index (χ0) is 32.7. The summed E-state index contributed by atoms with van der Waals surface area (Å²) in [7, 11) is 0. The molecule has 9 rings (SSSR count). The van der Waals surface area contributed by atoms with Gasteiger partial charge in [0.05, 0.1) is 22.8 Å². The first-order valence-corrected chi connectivity index (χ1v) is 17.3. The summed E-state index contributed by atoms with van der Waals surface area (Å²) in [5, 5.41) is 0. The highest BCUT2D eigenvalue weighted by Gasteiger charge is 2.19. The Labute approximate surface area is 289 Å². The fourth-order valence-corrected chi connectivity index (χ4v) is 8.26. The molecule has 2 aliphatic heterocycles. The number of hydrogen-bond donors (Lipinski definition) is 1. The number of H-pyrrole nitrogens is 1. The van der Waals surface area contributed by atoms with Gasteiger partial charge >= 0.3 is 0 Å². The molecule has 0 radical (unpaired) electrons. The van der Waals surface area contributed by atoms with Crippen LogP contribution in [0, 0.1) is 6.92 Å². The summed E-state index contributed by atoms with van der Waals surface area (Å²) < 4.78 is 2.38. The summed E-state index contributed by atoms with van der Waals surface area (Å²) in [4.78, 5) is 14.6. The summed E-state index contributed by atoms with van der Waals surface area (Å²) in [5.74, 6) is 0. The molecule has 5 heterocycles. The van der Waals surface area contributed by atoms with Crippen molar-refractivity contribution in [3.05, 3.63) is 168 Å². The van der Waals surface area contributed by atoms with E-state index < -0.39 is 0 Å². The molecule has 49 heavy (non-hydrogen) atoms. The first-order chi connectivity index (χ1) is 24.2. The number of thiophene rings is 1. The van der Waals surface area contributed by atoms with Crippen molar-refractivity contribution in [2.45, 2.75) is 6.92 Å². The number of nitrogens with zero attached hydrogens (tertiary/aromatic N) is 2. The summed E-state index contributed by atoms with van der Waals surface area (Å²) in [5.41, 5.74) is 15.9. The van der Waals surface area contributed by atoms with Crippen molar-refractivity contribution < 1.29 is 0 Å². The smallest absolute Gasteiger partial charge is 0.0737 e. The molecule has 1 N–H and O–H groups in total. The van der Waals surface area contributed by atoms with Crippen LogP contribution in [0.4, 0.5) is 0 Å². The Morgan fingerprint density at radius 1 is 0.429 bits per heavy atom. The third-order valence-corrected chi connectivity index (χ3v) is 10.4. The van der Waals surface area contributed by atoms with Gasteiger partial charge in [-0.2, -0.15) is 0 Å². The van der Waals surface area contributed by atoms with Crippen LogP contribution in [-0.2, 0) is 0 Å². The first kappa shape index (κ1) is 29.1. The van der Waals surface area contributed by atoms with Crippen LogP contribution < -0.4 is 0 Å². The van der Waals surface area contributed by atoms with Gasteiger partial charge in [0.1, 0.15) is 0 Å². The van der Waals surface area contributed by atoms with E-state index in [1.807, 2.05) is 11.3 Å². The van der Waals surface area contributed by atoms with Gasteiger partial charge in [-0.1, -0.05) is 121 Å². The van der Waals surface area contributed by atoms with E-state index in [0.29, 0.717) is 0 Å². The Morgan fingerprint density at radius 3 is 1.24 bits per heavy atom. The van der Waals surface area contributed by atoms with Gasteiger partial charge in [0, 0.05) is 42.7 Å². The summed E-state index contributed by atoms with van der Waals surface area (Å²) in [6.45, 7) is 2.21. The van der Waals surface area contributed by atoms with Gasteiger partial charge in [0.25, 0.3) is 0 Å². The molecule has 0 spiro atoms. The Kier molecular flexibility index (Phi) is 7.22. The molecular formula is C45H31N3S. The maximum absolute atomic E-state index is 5.42. The van der Waals surface area contributed by atoms with Crippen LogP contribution in [0.25, 0.3) is 89.2 Å². The molecule has 0 amide bonds. The standard InChI is InChI=1S/C45H31N3S/c1-29-28-40-43(32-18-10-4-11-19-32)38-26-24-36(47-38)41(30-14-6-2-7-15-30)34-22-23-35(46-34)42(31-16-8-3-9-17-31)37-25-27-39(48-37)44(45(29)49-40)33-20-12-5-13-21-33/h2-28,46H,1H3. The van der Waals surface area contributed by atoms with Crippen molar-refractivity contribution >= 4 is 56.1 Å². The van der Waals surface area contributed by atoms with Crippen molar-refractivity contribution in [3.8, 4) is 44.5 Å². The first-order valence-electron chi connectivity index (χ1n) is 16.5. The minimum Gasteiger partial charge on any atom is -0.354 e. The fourth-order valence-electron chi connectivity index (χ4n) is 6.94. The zero-order valence-corrected chi connectivity index (χ0v) is 27.7. The molecular weight excluding hydrogens is 615 g/mol. The summed E-state index contributed by atoms with van der Waals surface area (Å²) in [6.07, 6.45) is 8.67. The molecule has 0 aliphatic carbocycles. The minimum absolute atomic E-state index is 0.926. The molecule has 4 heteroatoms. The van der Waals surface area contributed by atoms with E-state index in [2.05, 4.69) is 176 Å². The lowest BCUT2D eigenvalue weighted by molar-refractivity contribution is 1.32. The van der Waals surface area contributed by atoms with Crippen LogP contribution in [0.3, 0.4) is 0 Å². The maximum atomic E-state index is 5.42.